The number of hydrogen-bond acceptors (Lipinski definition) is 4. The first-order chi connectivity index (χ1) is 7.74. The third-order valence-electron chi connectivity index (χ3n) is 2.26. The number of aliphatic hydroxyl groups excluding tert-OH is 1. The van der Waals surface area contributed by atoms with Crippen LogP contribution in [0.5, 0.6) is 0 Å². The summed E-state index contributed by atoms with van der Waals surface area (Å²) in [6.45, 7) is 7.01. The van der Waals surface area contributed by atoms with Gasteiger partial charge in [0.25, 0.3) is 0 Å². The molecule has 7 heteroatoms. The van der Waals surface area contributed by atoms with Crippen molar-refractivity contribution in [3.63, 3.8) is 0 Å². The Bertz CT molecular complexity index is 477. The van der Waals surface area contributed by atoms with Gasteiger partial charge in [-0.15, -0.1) is 0 Å². The Balaban J connectivity index is 2.99. The standard InChI is InChI=1S/C10H19N3O3S/c1-7(2)13-6-10(9(4)12-13)17(15,16)11-5-8(3)14/h6-8,11,14H,5H2,1-4H3. The topological polar surface area (TPSA) is 84.2 Å². The van der Waals surface area contributed by atoms with Crippen LogP contribution in [0.25, 0.3) is 0 Å². The minimum atomic E-state index is -3.59. The lowest BCUT2D eigenvalue weighted by molar-refractivity contribution is 0.198. The smallest absolute Gasteiger partial charge is 0.244 e. The third-order valence-corrected chi connectivity index (χ3v) is 3.79. The summed E-state index contributed by atoms with van der Waals surface area (Å²) in [5.41, 5.74) is 0.455. The van der Waals surface area contributed by atoms with E-state index in [1.807, 2.05) is 13.8 Å². The van der Waals surface area contributed by atoms with Crippen LogP contribution < -0.4 is 4.72 Å². The van der Waals surface area contributed by atoms with Crippen molar-refractivity contribution in [3.8, 4) is 0 Å². The predicted octanol–water partition coefficient (Wildman–Crippen LogP) is 0.432. The first-order valence-electron chi connectivity index (χ1n) is 5.47. The van der Waals surface area contributed by atoms with E-state index in [-0.39, 0.29) is 17.5 Å². The molecule has 98 valence electrons. The van der Waals surface area contributed by atoms with Gasteiger partial charge in [0.15, 0.2) is 0 Å². The molecule has 1 heterocycles. The molecule has 0 saturated heterocycles. The molecule has 0 aliphatic rings. The molecule has 0 spiro atoms. The van der Waals surface area contributed by atoms with Crippen molar-refractivity contribution in [1.29, 1.82) is 0 Å². The number of sulfonamides is 1. The molecule has 17 heavy (non-hydrogen) atoms. The molecular formula is C10H19N3O3S. The quantitative estimate of drug-likeness (QED) is 0.805. The number of rotatable bonds is 5. The first kappa shape index (κ1) is 14.1. The minimum absolute atomic E-state index is 0.00533. The molecule has 0 fully saturated rings. The molecule has 0 aromatic carbocycles. The zero-order chi connectivity index (χ0) is 13.2. The maximum Gasteiger partial charge on any atom is 0.244 e. The molecule has 6 nitrogen and oxygen atoms in total. The first-order valence-corrected chi connectivity index (χ1v) is 6.96. The molecule has 0 radical (unpaired) electrons. The van der Waals surface area contributed by atoms with Gasteiger partial charge in [0.2, 0.25) is 10.0 Å². The number of aliphatic hydroxyl groups is 1. The Morgan fingerprint density at radius 3 is 2.47 bits per heavy atom. The Kier molecular flexibility index (Phi) is 4.29. The molecule has 0 amide bonds. The highest BCUT2D eigenvalue weighted by atomic mass is 32.2. The van der Waals surface area contributed by atoms with Crippen molar-refractivity contribution in [2.45, 2.75) is 44.7 Å². The van der Waals surface area contributed by atoms with Gasteiger partial charge in [-0.25, -0.2) is 13.1 Å². The zero-order valence-electron chi connectivity index (χ0n) is 10.5. The SMILES string of the molecule is Cc1nn(C(C)C)cc1S(=O)(=O)NCC(C)O. The molecule has 1 aromatic rings. The number of aryl methyl sites for hydroxylation is 1. The number of nitrogens with zero attached hydrogens (tertiary/aromatic N) is 2. The Morgan fingerprint density at radius 1 is 1.47 bits per heavy atom. The van der Waals surface area contributed by atoms with Gasteiger partial charge in [-0.05, 0) is 27.7 Å². The molecule has 0 saturated carbocycles. The lowest BCUT2D eigenvalue weighted by Crippen LogP contribution is -2.30. The average molecular weight is 261 g/mol. The van der Waals surface area contributed by atoms with Crippen molar-refractivity contribution in [1.82, 2.24) is 14.5 Å². The summed E-state index contributed by atoms with van der Waals surface area (Å²) in [7, 11) is -3.59. The summed E-state index contributed by atoms with van der Waals surface area (Å²) in [4.78, 5) is 0.159. The Labute approximate surface area is 102 Å². The van der Waals surface area contributed by atoms with Gasteiger partial charge in [-0.1, -0.05) is 0 Å². The fourth-order valence-corrected chi connectivity index (χ4v) is 2.59. The second-order valence-electron chi connectivity index (χ2n) is 4.35. The van der Waals surface area contributed by atoms with Crippen molar-refractivity contribution in [2.24, 2.45) is 0 Å². The van der Waals surface area contributed by atoms with Crippen LogP contribution in [0.3, 0.4) is 0 Å². The van der Waals surface area contributed by atoms with Crippen molar-refractivity contribution < 1.29 is 13.5 Å². The van der Waals surface area contributed by atoms with Crippen molar-refractivity contribution in [2.75, 3.05) is 6.54 Å². The van der Waals surface area contributed by atoms with Crippen LogP contribution in [0.2, 0.25) is 0 Å². The van der Waals surface area contributed by atoms with Gasteiger partial charge < -0.3 is 5.11 Å². The summed E-state index contributed by atoms with van der Waals surface area (Å²) in [5.74, 6) is 0. The van der Waals surface area contributed by atoms with E-state index in [0.29, 0.717) is 5.69 Å². The van der Waals surface area contributed by atoms with Crippen LogP contribution in [0.15, 0.2) is 11.1 Å². The van der Waals surface area contributed by atoms with E-state index in [1.54, 1.807) is 11.6 Å². The number of nitrogens with one attached hydrogen (secondary N) is 1. The summed E-state index contributed by atoms with van der Waals surface area (Å²) in [5, 5.41) is 13.2. The van der Waals surface area contributed by atoms with Crippen LogP contribution in [0.1, 0.15) is 32.5 Å². The molecular weight excluding hydrogens is 242 g/mol. The van der Waals surface area contributed by atoms with E-state index >= 15 is 0 Å². The predicted molar refractivity (Wildman–Crippen MR) is 64.2 cm³/mol. The van der Waals surface area contributed by atoms with Gasteiger partial charge in [-0.2, -0.15) is 5.10 Å². The van der Waals surface area contributed by atoms with Crippen LogP contribution in [0, 0.1) is 6.92 Å². The van der Waals surface area contributed by atoms with Crippen LogP contribution in [-0.2, 0) is 10.0 Å². The van der Waals surface area contributed by atoms with Gasteiger partial charge in [0.05, 0.1) is 11.8 Å². The molecule has 0 aliphatic carbocycles. The Hall–Kier alpha value is -0.920. The van der Waals surface area contributed by atoms with E-state index in [2.05, 4.69) is 9.82 Å². The lowest BCUT2D eigenvalue weighted by atomic mass is 10.4. The van der Waals surface area contributed by atoms with Gasteiger partial charge >= 0.3 is 0 Å². The fourth-order valence-electron chi connectivity index (χ4n) is 1.30. The highest BCUT2D eigenvalue weighted by Crippen LogP contribution is 2.15. The monoisotopic (exact) mass is 261 g/mol. The van der Waals surface area contributed by atoms with Gasteiger partial charge in [0.1, 0.15) is 4.90 Å². The minimum Gasteiger partial charge on any atom is -0.392 e. The second-order valence-corrected chi connectivity index (χ2v) is 6.09. The molecule has 1 rings (SSSR count). The molecule has 1 aromatic heterocycles. The highest BCUT2D eigenvalue weighted by molar-refractivity contribution is 7.89. The highest BCUT2D eigenvalue weighted by Gasteiger charge is 2.21. The zero-order valence-corrected chi connectivity index (χ0v) is 11.3. The van der Waals surface area contributed by atoms with Crippen LogP contribution in [-0.4, -0.2) is 36.0 Å². The average Bonchev–Trinajstić information content (AvgIpc) is 2.58. The van der Waals surface area contributed by atoms with Crippen LogP contribution in [0.4, 0.5) is 0 Å². The molecule has 1 atom stereocenters. The second kappa shape index (κ2) is 5.16. The van der Waals surface area contributed by atoms with Crippen LogP contribution >= 0.6 is 0 Å². The van der Waals surface area contributed by atoms with Gasteiger partial charge in [0, 0.05) is 18.8 Å². The summed E-state index contributed by atoms with van der Waals surface area (Å²) in [6.07, 6.45) is 0.787. The van der Waals surface area contributed by atoms with Gasteiger partial charge in [-0.3, -0.25) is 4.68 Å². The van der Waals surface area contributed by atoms with E-state index in [1.165, 1.54) is 13.1 Å². The van der Waals surface area contributed by atoms with Crippen molar-refractivity contribution in [3.05, 3.63) is 11.9 Å². The van der Waals surface area contributed by atoms with E-state index < -0.39 is 16.1 Å². The lowest BCUT2D eigenvalue weighted by Gasteiger charge is -2.07. The van der Waals surface area contributed by atoms with E-state index in [0.717, 1.165) is 0 Å². The fraction of sp³-hybridized carbons (Fsp3) is 0.700. The molecule has 0 bridgehead atoms. The number of aromatic nitrogens is 2. The number of hydrogen-bond donors (Lipinski definition) is 2. The summed E-state index contributed by atoms with van der Waals surface area (Å²) < 4.78 is 27.8. The summed E-state index contributed by atoms with van der Waals surface area (Å²) in [6, 6.07) is 0.106. The third kappa shape index (κ3) is 3.52. The largest absolute Gasteiger partial charge is 0.392 e. The maximum atomic E-state index is 11.9. The van der Waals surface area contributed by atoms with E-state index in [4.69, 9.17) is 5.11 Å². The maximum absolute atomic E-state index is 11.9. The Morgan fingerprint density at radius 2 is 2.06 bits per heavy atom. The normalized spacial score (nSPS) is 14.2. The summed E-state index contributed by atoms with van der Waals surface area (Å²) >= 11 is 0. The molecule has 1 unspecified atom stereocenters. The molecule has 0 aliphatic heterocycles. The van der Waals surface area contributed by atoms with E-state index in [9.17, 15) is 8.42 Å². The van der Waals surface area contributed by atoms with Crippen molar-refractivity contribution >= 4 is 10.0 Å². The molecule has 2 N–H and O–H groups in total.